The quantitative estimate of drug-likeness (QED) is 0.792. The maximum absolute atomic E-state index is 11.8. The number of Topliss-reactive ketones (excluding diaryl/α,β-unsaturated/α-hetero) is 1. The molecule has 0 unspecified atom stereocenters. The minimum atomic E-state index is -0.162. The predicted molar refractivity (Wildman–Crippen MR) is 90.5 cm³/mol. The molecule has 110 valence electrons. The molecule has 0 radical (unpaired) electrons. The Morgan fingerprint density at radius 3 is 1.95 bits per heavy atom. The molecule has 0 saturated carbocycles. The topological polar surface area (TPSA) is 26.3 Å². The van der Waals surface area contributed by atoms with E-state index in [0.717, 1.165) is 41.5 Å². The van der Waals surface area contributed by atoms with Gasteiger partial charge in [0, 0.05) is 12.0 Å². The zero-order chi connectivity index (χ0) is 15.4. The fourth-order valence-corrected chi connectivity index (χ4v) is 2.94. The van der Waals surface area contributed by atoms with Gasteiger partial charge in [0.25, 0.3) is 0 Å². The smallest absolute Gasteiger partial charge is 0.426 e. The largest absolute Gasteiger partial charge is 0.554 e. The fourth-order valence-electron chi connectivity index (χ4n) is 2.94. The number of carbonyl (C=O) groups is 1. The standard InChI is InChI=1S/C19H19BO2/c1-15(21)18-13-8-14-19(18)22-20(16-9-4-2-5-10-16)17-11-6-3-7-12-17/h2-7,9-12H,8,13-14H2,1H3. The molecular weight excluding hydrogens is 271 g/mol. The van der Waals surface area contributed by atoms with Crippen LogP contribution in [0.4, 0.5) is 0 Å². The first-order valence-corrected chi connectivity index (χ1v) is 7.75. The Bertz CT molecular complexity index is 638. The molecule has 22 heavy (non-hydrogen) atoms. The monoisotopic (exact) mass is 290 g/mol. The van der Waals surface area contributed by atoms with Crippen molar-refractivity contribution < 1.29 is 9.45 Å². The third-order valence-electron chi connectivity index (χ3n) is 4.06. The summed E-state index contributed by atoms with van der Waals surface area (Å²) >= 11 is 0. The molecule has 3 heteroatoms. The second-order valence-corrected chi connectivity index (χ2v) is 5.63. The molecule has 0 fully saturated rings. The van der Waals surface area contributed by atoms with Gasteiger partial charge in [-0.2, -0.15) is 0 Å². The van der Waals surface area contributed by atoms with Gasteiger partial charge in [0.05, 0.1) is 5.76 Å². The SMILES string of the molecule is CC(=O)C1=C(OB(c2ccccc2)c2ccccc2)CCC1. The van der Waals surface area contributed by atoms with E-state index in [2.05, 4.69) is 24.3 Å². The van der Waals surface area contributed by atoms with Crippen LogP contribution >= 0.6 is 0 Å². The molecule has 0 N–H and O–H groups in total. The van der Waals surface area contributed by atoms with Crippen molar-refractivity contribution in [1.82, 2.24) is 0 Å². The number of carbonyl (C=O) groups excluding carboxylic acids is 1. The summed E-state index contributed by atoms with van der Waals surface area (Å²) in [7, 11) is 0. The van der Waals surface area contributed by atoms with Crippen molar-refractivity contribution in [1.29, 1.82) is 0 Å². The Kier molecular flexibility index (Phi) is 4.43. The van der Waals surface area contributed by atoms with E-state index in [-0.39, 0.29) is 12.7 Å². The second kappa shape index (κ2) is 6.65. The van der Waals surface area contributed by atoms with E-state index in [9.17, 15) is 4.79 Å². The summed E-state index contributed by atoms with van der Waals surface area (Å²) in [6.07, 6.45) is 2.69. The van der Waals surface area contributed by atoms with Crippen LogP contribution in [0.2, 0.25) is 0 Å². The highest BCUT2D eigenvalue weighted by Crippen LogP contribution is 2.27. The molecule has 0 atom stereocenters. The highest BCUT2D eigenvalue weighted by molar-refractivity contribution is 6.80. The van der Waals surface area contributed by atoms with E-state index in [1.54, 1.807) is 6.92 Å². The van der Waals surface area contributed by atoms with Gasteiger partial charge in [-0.15, -0.1) is 0 Å². The van der Waals surface area contributed by atoms with Crippen molar-refractivity contribution >= 4 is 23.6 Å². The van der Waals surface area contributed by atoms with Gasteiger partial charge in [-0.3, -0.25) is 4.79 Å². The molecule has 0 bridgehead atoms. The lowest BCUT2D eigenvalue weighted by atomic mass is 9.55. The lowest BCUT2D eigenvalue weighted by Gasteiger charge is -2.18. The van der Waals surface area contributed by atoms with Crippen molar-refractivity contribution in [3.8, 4) is 0 Å². The van der Waals surface area contributed by atoms with E-state index in [0.29, 0.717) is 0 Å². The minimum Gasteiger partial charge on any atom is -0.554 e. The lowest BCUT2D eigenvalue weighted by molar-refractivity contribution is -0.113. The predicted octanol–water partition coefficient (Wildman–Crippen LogP) is 2.84. The molecule has 0 saturated heterocycles. The number of benzene rings is 2. The average molecular weight is 290 g/mol. The number of rotatable bonds is 5. The van der Waals surface area contributed by atoms with Crippen LogP contribution in [0.3, 0.4) is 0 Å². The number of allylic oxidation sites excluding steroid dienone is 2. The van der Waals surface area contributed by atoms with Crippen LogP contribution in [0.5, 0.6) is 0 Å². The first-order chi connectivity index (χ1) is 10.8. The van der Waals surface area contributed by atoms with Crippen LogP contribution in [0.15, 0.2) is 72.0 Å². The van der Waals surface area contributed by atoms with Crippen LogP contribution in [-0.4, -0.2) is 12.7 Å². The molecule has 1 aliphatic carbocycles. The molecule has 0 aliphatic heterocycles. The molecule has 0 spiro atoms. The first-order valence-electron chi connectivity index (χ1n) is 7.75. The van der Waals surface area contributed by atoms with Crippen LogP contribution < -0.4 is 10.9 Å². The highest BCUT2D eigenvalue weighted by atomic mass is 16.4. The van der Waals surface area contributed by atoms with Gasteiger partial charge >= 0.3 is 6.92 Å². The van der Waals surface area contributed by atoms with Crippen molar-refractivity contribution in [2.24, 2.45) is 0 Å². The molecule has 0 amide bonds. The summed E-state index contributed by atoms with van der Waals surface area (Å²) in [6.45, 7) is 1.47. The summed E-state index contributed by atoms with van der Waals surface area (Å²) in [5.74, 6) is 0.998. The Hall–Kier alpha value is -2.29. The van der Waals surface area contributed by atoms with Crippen LogP contribution in [0, 0.1) is 0 Å². The Morgan fingerprint density at radius 1 is 0.909 bits per heavy atom. The van der Waals surface area contributed by atoms with Gasteiger partial charge in [0.2, 0.25) is 0 Å². The van der Waals surface area contributed by atoms with E-state index < -0.39 is 0 Å². The number of ketones is 1. The maximum Gasteiger partial charge on any atom is 0.426 e. The highest BCUT2D eigenvalue weighted by Gasteiger charge is 2.28. The third-order valence-corrected chi connectivity index (χ3v) is 4.06. The van der Waals surface area contributed by atoms with Crippen LogP contribution in [0.25, 0.3) is 0 Å². The first kappa shape index (κ1) is 14.6. The van der Waals surface area contributed by atoms with Gasteiger partial charge in [-0.05, 0) is 30.7 Å². The van der Waals surface area contributed by atoms with Crippen molar-refractivity contribution in [2.75, 3.05) is 0 Å². The molecule has 2 nitrogen and oxygen atoms in total. The fraction of sp³-hybridized carbons (Fsp3) is 0.211. The zero-order valence-electron chi connectivity index (χ0n) is 12.8. The summed E-state index contributed by atoms with van der Waals surface area (Å²) < 4.78 is 6.32. The number of hydrogen-bond donors (Lipinski definition) is 0. The maximum atomic E-state index is 11.8. The van der Waals surface area contributed by atoms with Gasteiger partial charge < -0.3 is 4.65 Å². The zero-order valence-corrected chi connectivity index (χ0v) is 12.8. The van der Waals surface area contributed by atoms with E-state index >= 15 is 0 Å². The Balaban J connectivity index is 1.97. The molecule has 0 aromatic heterocycles. The molecule has 3 rings (SSSR count). The summed E-state index contributed by atoms with van der Waals surface area (Å²) in [4.78, 5) is 11.8. The van der Waals surface area contributed by atoms with Crippen LogP contribution in [0.1, 0.15) is 26.2 Å². The van der Waals surface area contributed by atoms with E-state index in [4.69, 9.17) is 4.65 Å². The third kappa shape index (κ3) is 3.14. The van der Waals surface area contributed by atoms with Crippen molar-refractivity contribution in [3.05, 3.63) is 72.0 Å². The Morgan fingerprint density at radius 2 is 1.45 bits per heavy atom. The lowest BCUT2D eigenvalue weighted by Crippen LogP contribution is -2.44. The van der Waals surface area contributed by atoms with Crippen LogP contribution in [-0.2, 0) is 9.45 Å². The minimum absolute atomic E-state index is 0.132. The second-order valence-electron chi connectivity index (χ2n) is 5.63. The summed E-state index contributed by atoms with van der Waals surface area (Å²) in [6, 6.07) is 20.4. The van der Waals surface area contributed by atoms with Gasteiger partial charge in [-0.25, -0.2) is 0 Å². The summed E-state index contributed by atoms with van der Waals surface area (Å²) in [5, 5.41) is 0. The van der Waals surface area contributed by atoms with Crippen molar-refractivity contribution in [2.45, 2.75) is 26.2 Å². The Labute approximate surface area is 131 Å². The molecular formula is C19H19BO2. The average Bonchev–Trinajstić information content (AvgIpc) is 3.03. The van der Waals surface area contributed by atoms with Gasteiger partial charge in [0.15, 0.2) is 5.78 Å². The van der Waals surface area contributed by atoms with E-state index in [1.165, 1.54) is 0 Å². The van der Waals surface area contributed by atoms with Gasteiger partial charge in [0.1, 0.15) is 0 Å². The summed E-state index contributed by atoms with van der Waals surface area (Å²) in [5.41, 5.74) is 3.07. The number of hydrogen-bond acceptors (Lipinski definition) is 2. The van der Waals surface area contributed by atoms with Gasteiger partial charge in [-0.1, -0.05) is 60.7 Å². The van der Waals surface area contributed by atoms with E-state index in [1.807, 2.05) is 36.4 Å². The molecule has 2 aromatic rings. The van der Waals surface area contributed by atoms with Crippen molar-refractivity contribution in [3.63, 3.8) is 0 Å². The molecule has 0 heterocycles. The normalized spacial score (nSPS) is 14.0. The molecule has 2 aromatic carbocycles. The molecule has 1 aliphatic rings.